The zero-order valence-corrected chi connectivity index (χ0v) is 11.1. The standard InChI is InChI=1S/C12H10ClFN2OS/c1-7-6-18-11(16-7)5-15-12(17)9-3-2-8(14)4-10(9)13/h2-4,6H,5H2,1H3,(H,15,17). The third-order valence-electron chi connectivity index (χ3n) is 2.24. The van der Waals surface area contributed by atoms with Crippen molar-refractivity contribution in [1.82, 2.24) is 10.3 Å². The summed E-state index contributed by atoms with van der Waals surface area (Å²) < 4.78 is 12.8. The minimum absolute atomic E-state index is 0.0998. The molecule has 0 aliphatic heterocycles. The first kappa shape index (κ1) is 13.0. The van der Waals surface area contributed by atoms with Crippen molar-refractivity contribution in [3.63, 3.8) is 0 Å². The molecule has 0 aliphatic rings. The van der Waals surface area contributed by atoms with Crippen molar-refractivity contribution in [1.29, 1.82) is 0 Å². The van der Waals surface area contributed by atoms with Crippen molar-refractivity contribution in [2.24, 2.45) is 0 Å². The first-order valence-electron chi connectivity index (χ1n) is 5.20. The topological polar surface area (TPSA) is 42.0 Å². The fraction of sp³-hybridized carbons (Fsp3) is 0.167. The van der Waals surface area contributed by atoms with E-state index in [1.54, 1.807) is 0 Å². The highest BCUT2D eigenvalue weighted by Crippen LogP contribution is 2.17. The number of halogens is 2. The summed E-state index contributed by atoms with van der Waals surface area (Å²) in [6.45, 7) is 2.23. The number of hydrogen-bond donors (Lipinski definition) is 1. The molecule has 94 valence electrons. The van der Waals surface area contributed by atoms with Gasteiger partial charge in [-0.2, -0.15) is 0 Å². The van der Waals surface area contributed by atoms with E-state index in [4.69, 9.17) is 11.6 Å². The summed E-state index contributed by atoms with van der Waals surface area (Å²) in [5.74, 6) is -0.806. The maximum absolute atomic E-state index is 12.8. The van der Waals surface area contributed by atoms with Crippen LogP contribution in [0.25, 0.3) is 0 Å². The first-order chi connectivity index (χ1) is 8.56. The van der Waals surface area contributed by atoms with Crippen LogP contribution in [0, 0.1) is 12.7 Å². The average molecular weight is 285 g/mol. The Labute approximate surface area is 113 Å². The number of rotatable bonds is 3. The van der Waals surface area contributed by atoms with Gasteiger partial charge in [0.25, 0.3) is 5.91 Å². The fourth-order valence-corrected chi connectivity index (χ4v) is 2.37. The maximum Gasteiger partial charge on any atom is 0.253 e. The quantitative estimate of drug-likeness (QED) is 0.940. The lowest BCUT2D eigenvalue weighted by Gasteiger charge is -2.05. The minimum Gasteiger partial charge on any atom is -0.345 e. The van der Waals surface area contributed by atoms with Gasteiger partial charge in [0.15, 0.2) is 0 Å². The highest BCUT2D eigenvalue weighted by molar-refractivity contribution is 7.09. The van der Waals surface area contributed by atoms with Crippen LogP contribution in [0.2, 0.25) is 5.02 Å². The molecule has 1 heterocycles. The molecule has 0 spiro atoms. The number of carbonyl (C=O) groups is 1. The number of amides is 1. The predicted octanol–water partition coefficient (Wildman–Crippen LogP) is 3.17. The molecular weight excluding hydrogens is 275 g/mol. The normalized spacial score (nSPS) is 10.4. The van der Waals surface area contributed by atoms with Crippen LogP contribution in [0.3, 0.4) is 0 Å². The van der Waals surface area contributed by atoms with E-state index < -0.39 is 5.82 Å². The number of nitrogens with zero attached hydrogens (tertiary/aromatic N) is 1. The molecule has 0 bridgehead atoms. The summed E-state index contributed by atoms with van der Waals surface area (Å²) in [6.07, 6.45) is 0. The maximum atomic E-state index is 12.8. The average Bonchev–Trinajstić information content (AvgIpc) is 2.72. The van der Waals surface area contributed by atoms with Crippen molar-refractivity contribution < 1.29 is 9.18 Å². The minimum atomic E-state index is -0.466. The first-order valence-corrected chi connectivity index (χ1v) is 6.46. The molecule has 0 atom stereocenters. The fourth-order valence-electron chi connectivity index (χ4n) is 1.41. The van der Waals surface area contributed by atoms with Gasteiger partial charge in [0.05, 0.1) is 17.1 Å². The molecule has 1 aromatic carbocycles. The molecule has 0 aliphatic carbocycles. The van der Waals surface area contributed by atoms with Gasteiger partial charge in [-0.25, -0.2) is 9.37 Å². The molecule has 3 nitrogen and oxygen atoms in total. The van der Waals surface area contributed by atoms with E-state index in [1.165, 1.54) is 23.5 Å². The molecule has 2 aromatic rings. The van der Waals surface area contributed by atoms with E-state index in [0.29, 0.717) is 6.54 Å². The number of aromatic nitrogens is 1. The molecule has 6 heteroatoms. The lowest BCUT2D eigenvalue weighted by atomic mass is 10.2. The second-order valence-corrected chi connectivity index (χ2v) is 5.04. The second-order valence-electron chi connectivity index (χ2n) is 3.69. The number of carbonyl (C=O) groups excluding carboxylic acids is 1. The van der Waals surface area contributed by atoms with Gasteiger partial charge in [0.2, 0.25) is 0 Å². The van der Waals surface area contributed by atoms with Gasteiger partial charge in [0.1, 0.15) is 10.8 Å². The van der Waals surface area contributed by atoms with Gasteiger partial charge in [-0.3, -0.25) is 4.79 Å². The summed E-state index contributed by atoms with van der Waals surface area (Å²) >= 11 is 7.27. The van der Waals surface area contributed by atoms with Crippen molar-refractivity contribution >= 4 is 28.8 Å². The van der Waals surface area contributed by atoms with Gasteiger partial charge < -0.3 is 5.32 Å². The largest absolute Gasteiger partial charge is 0.345 e. The van der Waals surface area contributed by atoms with Crippen molar-refractivity contribution in [3.8, 4) is 0 Å². The SMILES string of the molecule is Cc1csc(CNC(=O)c2ccc(F)cc2Cl)n1. The van der Waals surface area contributed by atoms with Crippen LogP contribution in [0.15, 0.2) is 23.6 Å². The van der Waals surface area contributed by atoms with Crippen LogP contribution in [-0.2, 0) is 6.54 Å². The van der Waals surface area contributed by atoms with Crippen molar-refractivity contribution in [3.05, 3.63) is 50.7 Å². The van der Waals surface area contributed by atoms with Crippen molar-refractivity contribution in [2.45, 2.75) is 13.5 Å². The molecule has 2 rings (SSSR count). The molecular formula is C12H10ClFN2OS. The Kier molecular flexibility index (Phi) is 3.93. The Morgan fingerprint density at radius 3 is 2.94 bits per heavy atom. The summed E-state index contributed by atoms with van der Waals surface area (Å²) in [4.78, 5) is 16.0. The predicted molar refractivity (Wildman–Crippen MR) is 69.4 cm³/mol. The Hall–Kier alpha value is -1.46. The zero-order valence-electron chi connectivity index (χ0n) is 9.54. The van der Waals surface area contributed by atoms with Crippen LogP contribution in [0.4, 0.5) is 4.39 Å². The molecule has 1 aromatic heterocycles. The third kappa shape index (κ3) is 3.05. The van der Waals surface area contributed by atoms with Gasteiger partial charge >= 0.3 is 0 Å². The van der Waals surface area contributed by atoms with Crippen LogP contribution in [-0.4, -0.2) is 10.9 Å². The van der Waals surface area contributed by atoms with E-state index in [9.17, 15) is 9.18 Å². The summed E-state index contributed by atoms with van der Waals surface area (Å²) in [5.41, 5.74) is 1.18. The van der Waals surface area contributed by atoms with Crippen LogP contribution in [0.5, 0.6) is 0 Å². The zero-order chi connectivity index (χ0) is 13.1. The summed E-state index contributed by atoms with van der Waals surface area (Å²) in [5, 5.41) is 5.52. The van der Waals surface area contributed by atoms with Gasteiger partial charge in [-0.15, -0.1) is 11.3 Å². The smallest absolute Gasteiger partial charge is 0.253 e. The van der Waals surface area contributed by atoms with Crippen LogP contribution >= 0.6 is 22.9 Å². The molecule has 0 unspecified atom stereocenters. The Morgan fingerprint density at radius 1 is 1.56 bits per heavy atom. The molecule has 0 saturated heterocycles. The number of aryl methyl sites for hydroxylation is 1. The van der Waals surface area contributed by atoms with E-state index in [2.05, 4.69) is 10.3 Å². The van der Waals surface area contributed by atoms with E-state index in [-0.39, 0.29) is 16.5 Å². The molecule has 0 saturated carbocycles. The Balaban J connectivity index is 2.03. The second kappa shape index (κ2) is 5.46. The summed E-state index contributed by atoms with van der Waals surface area (Å²) in [7, 11) is 0. The van der Waals surface area contributed by atoms with Crippen LogP contribution in [0.1, 0.15) is 21.1 Å². The lowest BCUT2D eigenvalue weighted by Crippen LogP contribution is -2.23. The Morgan fingerprint density at radius 2 is 2.33 bits per heavy atom. The Bertz CT molecular complexity index is 585. The highest BCUT2D eigenvalue weighted by atomic mass is 35.5. The number of benzene rings is 1. The monoisotopic (exact) mass is 284 g/mol. The molecule has 0 radical (unpaired) electrons. The molecule has 1 N–H and O–H groups in total. The van der Waals surface area contributed by atoms with Crippen molar-refractivity contribution in [2.75, 3.05) is 0 Å². The van der Waals surface area contributed by atoms with Crippen LogP contribution < -0.4 is 5.32 Å². The third-order valence-corrected chi connectivity index (χ3v) is 3.52. The molecule has 1 amide bonds. The van der Waals surface area contributed by atoms with E-state index in [0.717, 1.165) is 16.8 Å². The number of thiazole rings is 1. The summed E-state index contributed by atoms with van der Waals surface area (Å²) in [6, 6.07) is 3.68. The van der Waals surface area contributed by atoms with Gasteiger partial charge in [-0.05, 0) is 25.1 Å². The number of hydrogen-bond acceptors (Lipinski definition) is 3. The molecule has 18 heavy (non-hydrogen) atoms. The number of nitrogens with one attached hydrogen (secondary N) is 1. The van der Waals surface area contributed by atoms with E-state index >= 15 is 0 Å². The lowest BCUT2D eigenvalue weighted by molar-refractivity contribution is 0.0951. The van der Waals surface area contributed by atoms with Gasteiger partial charge in [0, 0.05) is 11.1 Å². The van der Waals surface area contributed by atoms with E-state index in [1.807, 2.05) is 12.3 Å². The van der Waals surface area contributed by atoms with Gasteiger partial charge in [-0.1, -0.05) is 11.6 Å². The molecule has 0 fully saturated rings. The highest BCUT2D eigenvalue weighted by Gasteiger charge is 2.11.